The van der Waals surface area contributed by atoms with Crippen LogP contribution in [0.5, 0.6) is 5.75 Å². The normalized spacial score (nSPS) is 11.2. The standard InChI is InChI=1S/C13H16O/c1-5-12(6-2)14-13-9-7-8-10(3)11(13)4/h5-9H,1H2,2-4H3/b12-6+. The van der Waals surface area contributed by atoms with E-state index in [2.05, 4.69) is 26.5 Å². The highest BCUT2D eigenvalue weighted by molar-refractivity contribution is 5.39. The van der Waals surface area contributed by atoms with Crippen LogP contribution in [0.3, 0.4) is 0 Å². The van der Waals surface area contributed by atoms with E-state index in [1.807, 2.05) is 25.1 Å². The molecule has 0 unspecified atom stereocenters. The minimum absolute atomic E-state index is 0.790. The van der Waals surface area contributed by atoms with Crippen LogP contribution in [0.15, 0.2) is 42.7 Å². The van der Waals surface area contributed by atoms with E-state index in [4.69, 9.17) is 4.74 Å². The lowest BCUT2D eigenvalue weighted by molar-refractivity contribution is 0.440. The molecule has 0 aromatic heterocycles. The van der Waals surface area contributed by atoms with Gasteiger partial charge in [0.1, 0.15) is 11.5 Å². The van der Waals surface area contributed by atoms with Crippen molar-refractivity contribution in [3.05, 3.63) is 53.8 Å². The fraction of sp³-hybridized carbons (Fsp3) is 0.231. The van der Waals surface area contributed by atoms with Crippen LogP contribution in [0.2, 0.25) is 0 Å². The van der Waals surface area contributed by atoms with Gasteiger partial charge in [0.25, 0.3) is 0 Å². The summed E-state index contributed by atoms with van der Waals surface area (Å²) in [6.45, 7) is 9.75. The molecule has 1 rings (SSSR count). The van der Waals surface area contributed by atoms with Gasteiger partial charge in [-0.15, -0.1) is 0 Å². The van der Waals surface area contributed by atoms with Crippen LogP contribution in [0.1, 0.15) is 18.1 Å². The molecule has 1 heteroatoms. The van der Waals surface area contributed by atoms with Crippen molar-refractivity contribution in [3.8, 4) is 5.75 Å². The molecule has 0 atom stereocenters. The third-order valence-electron chi connectivity index (χ3n) is 2.27. The molecule has 0 saturated carbocycles. The zero-order chi connectivity index (χ0) is 10.6. The molecule has 0 heterocycles. The average Bonchev–Trinajstić information content (AvgIpc) is 2.20. The summed E-state index contributed by atoms with van der Waals surface area (Å²) in [6, 6.07) is 6.04. The largest absolute Gasteiger partial charge is 0.457 e. The molecule has 14 heavy (non-hydrogen) atoms. The van der Waals surface area contributed by atoms with E-state index in [9.17, 15) is 0 Å². The van der Waals surface area contributed by atoms with Gasteiger partial charge >= 0.3 is 0 Å². The summed E-state index contributed by atoms with van der Waals surface area (Å²) in [5.74, 6) is 1.69. The quantitative estimate of drug-likeness (QED) is 0.518. The maximum Gasteiger partial charge on any atom is 0.130 e. The van der Waals surface area contributed by atoms with E-state index in [1.54, 1.807) is 6.08 Å². The highest BCUT2D eigenvalue weighted by Crippen LogP contribution is 2.22. The molecule has 1 aromatic carbocycles. The van der Waals surface area contributed by atoms with Crippen LogP contribution < -0.4 is 4.74 Å². The molecule has 0 spiro atoms. The van der Waals surface area contributed by atoms with Crippen molar-refractivity contribution in [2.24, 2.45) is 0 Å². The molecule has 0 aliphatic carbocycles. The van der Waals surface area contributed by atoms with E-state index in [0.717, 1.165) is 11.5 Å². The lowest BCUT2D eigenvalue weighted by Gasteiger charge is -2.10. The molecular formula is C13H16O. The summed E-state index contributed by atoms with van der Waals surface area (Å²) in [7, 11) is 0. The first-order chi connectivity index (χ1) is 6.69. The predicted octanol–water partition coefficient (Wildman–Crippen LogP) is 3.77. The zero-order valence-electron chi connectivity index (χ0n) is 9.00. The minimum Gasteiger partial charge on any atom is -0.457 e. The Morgan fingerprint density at radius 2 is 2.07 bits per heavy atom. The van der Waals surface area contributed by atoms with Crippen LogP contribution in [-0.2, 0) is 0 Å². The molecule has 1 aromatic rings. The second kappa shape index (κ2) is 4.66. The number of ether oxygens (including phenoxy) is 1. The molecule has 0 saturated heterocycles. The first-order valence-corrected chi connectivity index (χ1v) is 4.72. The van der Waals surface area contributed by atoms with Crippen molar-refractivity contribution in [1.29, 1.82) is 0 Å². The van der Waals surface area contributed by atoms with Crippen molar-refractivity contribution in [3.63, 3.8) is 0 Å². The Hall–Kier alpha value is -1.50. The van der Waals surface area contributed by atoms with E-state index in [0.29, 0.717) is 0 Å². The smallest absolute Gasteiger partial charge is 0.130 e. The van der Waals surface area contributed by atoms with Gasteiger partial charge in [0.05, 0.1) is 0 Å². The van der Waals surface area contributed by atoms with Gasteiger partial charge < -0.3 is 4.74 Å². The third kappa shape index (κ3) is 2.25. The lowest BCUT2D eigenvalue weighted by Crippen LogP contribution is -1.94. The van der Waals surface area contributed by atoms with Gasteiger partial charge in [0.15, 0.2) is 0 Å². The predicted molar refractivity (Wildman–Crippen MR) is 60.5 cm³/mol. The van der Waals surface area contributed by atoms with Gasteiger partial charge in [-0.05, 0) is 50.1 Å². The Kier molecular flexibility index (Phi) is 3.52. The summed E-state index contributed by atoms with van der Waals surface area (Å²) >= 11 is 0. The Morgan fingerprint density at radius 3 is 2.64 bits per heavy atom. The van der Waals surface area contributed by atoms with Crippen LogP contribution in [-0.4, -0.2) is 0 Å². The molecule has 0 fully saturated rings. The van der Waals surface area contributed by atoms with Crippen molar-refractivity contribution < 1.29 is 4.74 Å². The van der Waals surface area contributed by atoms with Crippen molar-refractivity contribution in [1.82, 2.24) is 0 Å². The third-order valence-corrected chi connectivity index (χ3v) is 2.27. The topological polar surface area (TPSA) is 9.23 Å². The van der Waals surface area contributed by atoms with E-state index >= 15 is 0 Å². The molecule has 0 aliphatic rings. The number of aryl methyl sites for hydroxylation is 1. The molecule has 0 N–H and O–H groups in total. The van der Waals surface area contributed by atoms with E-state index < -0.39 is 0 Å². The first kappa shape index (κ1) is 10.6. The fourth-order valence-corrected chi connectivity index (χ4v) is 1.18. The number of hydrogen-bond acceptors (Lipinski definition) is 1. The van der Waals surface area contributed by atoms with E-state index in [-0.39, 0.29) is 0 Å². The number of benzene rings is 1. The number of allylic oxidation sites excluding steroid dienone is 2. The van der Waals surface area contributed by atoms with Gasteiger partial charge in [-0.1, -0.05) is 18.7 Å². The first-order valence-electron chi connectivity index (χ1n) is 4.72. The summed E-state index contributed by atoms with van der Waals surface area (Å²) in [5.41, 5.74) is 2.41. The Balaban J connectivity index is 2.97. The lowest BCUT2D eigenvalue weighted by atomic mass is 10.1. The van der Waals surface area contributed by atoms with E-state index in [1.165, 1.54) is 11.1 Å². The molecule has 0 bridgehead atoms. The van der Waals surface area contributed by atoms with Crippen LogP contribution in [0.4, 0.5) is 0 Å². The summed E-state index contributed by atoms with van der Waals surface area (Å²) in [4.78, 5) is 0. The van der Waals surface area contributed by atoms with Gasteiger partial charge in [0.2, 0.25) is 0 Å². The van der Waals surface area contributed by atoms with Crippen LogP contribution in [0, 0.1) is 13.8 Å². The van der Waals surface area contributed by atoms with Crippen molar-refractivity contribution in [2.45, 2.75) is 20.8 Å². The molecule has 1 nitrogen and oxygen atoms in total. The summed E-state index contributed by atoms with van der Waals surface area (Å²) in [6.07, 6.45) is 3.61. The molecule has 0 radical (unpaired) electrons. The Morgan fingerprint density at radius 1 is 1.36 bits per heavy atom. The molecule has 0 amide bonds. The monoisotopic (exact) mass is 188 g/mol. The molecular weight excluding hydrogens is 172 g/mol. The fourth-order valence-electron chi connectivity index (χ4n) is 1.18. The van der Waals surface area contributed by atoms with Crippen LogP contribution in [0.25, 0.3) is 0 Å². The number of rotatable bonds is 3. The van der Waals surface area contributed by atoms with Gasteiger partial charge in [0, 0.05) is 0 Å². The average molecular weight is 188 g/mol. The molecule has 0 aliphatic heterocycles. The van der Waals surface area contributed by atoms with Crippen LogP contribution >= 0.6 is 0 Å². The highest BCUT2D eigenvalue weighted by Gasteiger charge is 2.02. The second-order valence-corrected chi connectivity index (χ2v) is 3.20. The second-order valence-electron chi connectivity index (χ2n) is 3.20. The van der Waals surface area contributed by atoms with Gasteiger partial charge in [-0.3, -0.25) is 0 Å². The maximum atomic E-state index is 5.67. The zero-order valence-corrected chi connectivity index (χ0v) is 9.00. The van der Waals surface area contributed by atoms with Gasteiger partial charge in [-0.25, -0.2) is 0 Å². The highest BCUT2D eigenvalue weighted by atomic mass is 16.5. The number of hydrogen-bond donors (Lipinski definition) is 0. The SMILES string of the molecule is C=C/C(=C\C)Oc1cccc(C)c1C. The van der Waals surface area contributed by atoms with Crippen molar-refractivity contribution in [2.75, 3.05) is 0 Å². The van der Waals surface area contributed by atoms with Gasteiger partial charge in [-0.2, -0.15) is 0 Å². The molecule has 74 valence electrons. The Labute approximate surface area is 85.7 Å². The Bertz CT molecular complexity index is 361. The summed E-state index contributed by atoms with van der Waals surface area (Å²) in [5, 5.41) is 0. The van der Waals surface area contributed by atoms with Crippen molar-refractivity contribution >= 4 is 0 Å². The summed E-state index contributed by atoms with van der Waals surface area (Å²) < 4.78 is 5.67. The maximum absolute atomic E-state index is 5.67. The minimum atomic E-state index is 0.790.